The highest BCUT2D eigenvalue weighted by molar-refractivity contribution is 5.73. The van der Waals surface area contributed by atoms with Gasteiger partial charge in [0.05, 0.1) is 25.2 Å². The number of nitrogens with zero attached hydrogens (tertiary/aromatic N) is 1. The van der Waals surface area contributed by atoms with Crippen molar-refractivity contribution in [3.63, 3.8) is 0 Å². The molecule has 0 spiro atoms. The second-order valence-electron chi connectivity index (χ2n) is 3.73. The van der Waals surface area contributed by atoms with Crippen molar-refractivity contribution in [1.29, 1.82) is 5.26 Å². The third-order valence-electron chi connectivity index (χ3n) is 2.67. The average Bonchev–Trinajstić information content (AvgIpc) is 2.37. The van der Waals surface area contributed by atoms with Gasteiger partial charge >= 0.3 is 5.97 Å². The Kier molecular flexibility index (Phi) is 4.78. The summed E-state index contributed by atoms with van der Waals surface area (Å²) in [5, 5.41) is 8.85. The summed E-state index contributed by atoms with van der Waals surface area (Å²) >= 11 is 0. The maximum atomic E-state index is 12.7. The standard InChI is InChI=1S/C13H13F2NO2/c1-3-8-5-11(13(14)15)10(7-16)4-9(8)6-12(17)18-2/h4-5,13H,3,6H2,1-2H3. The minimum Gasteiger partial charge on any atom is -0.469 e. The van der Waals surface area contributed by atoms with Crippen molar-refractivity contribution in [1.82, 2.24) is 0 Å². The van der Waals surface area contributed by atoms with Crippen molar-refractivity contribution in [3.8, 4) is 6.07 Å². The van der Waals surface area contributed by atoms with Crippen molar-refractivity contribution < 1.29 is 18.3 Å². The van der Waals surface area contributed by atoms with Crippen molar-refractivity contribution in [2.75, 3.05) is 7.11 Å². The molecule has 0 aliphatic rings. The van der Waals surface area contributed by atoms with Gasteiger partial charge < -0.3 is 4.74 Å². The fraction of sp³-hybridized carbons (Fsp3) is 0.385. The van der Waals surface area contributed by atoms with Crippen LogP contribution >= 0.6 is 0 Å². The van der Waals surface area contributed by atoms with Gasteiger partial charge in [-0.1, -0.05) is 6.92 Å². The average molecular weight is 253 g/mol. The molecule has 3 nitrogen and oxygen atoms in total. The van der Waals surface area contributed by atoms with Crippen LogP contribution in [0.5, 0.6) is 0 Å². The summed E-state index contributed by atoms with van der Waals surface area (Å²) in [6.07, 6.45) is -2.20. The number of rotatable bonds is 4. The summed E-state index contributed by atoms with van der Waals surface area (Å²) in [5.74, 6) is -0.460. The van der Waals surface area contributed by atoms with Crippen molar-refractivity contribution in [2.45, 2.75) is 26.2 Å². The molecule has 0 N–H and O–H groups in total. The fourth-order valence-corrected chi connectivity index (χ4v) is 1.71. The molecule has 0 amide bonds. The molecule has 96 valence electrons. The number of benzene rings is 1. The predicted octanol–water partition coefficient (Wildman–Crippen LogP) is 2.77. The van der Waals surface area contributed by atoms with E-state index in [-0.39, 0.29) is 17.5 Å². The van der Waals surface area contributed by atoms with Crippen LogP contribution in [0, 0.1) is 11.3 Å². The van der Waals surface area contributed by atoms with Crippen LogP contribution in [-0.4, -0.2) is 13.1 Å². The summed E-state index contributed by atoms with van der Waals surface area (Å²) in [5.41, 5.74) is 0.809. The van der Waals surface area contributed by atoms with E-state index >= 15 is 0 Å². The molecule has 0 bridgehead atoms. The first-order chi connectivity index (χ1) is 8.53. The van der Waals surface area contributed by atoms with E-state index in [1.807, 2.05) is 0 Å². The smallest absolute Gasteiger partial charge is 0.309 e. The number of halogens is 2. The van der Waals surface area contributed by atoms with Gasteiger partial charge in [0.15, 0.2) is 0 Å². The van der Waals surface area contributed by atoms with Crippen LogP contribution in [0.2, 0.25) is 0 Å². The molecule has 0 aliphatic carbocycles. The first-order valence-electron chi connectivity index (χ1n) is 5.44. The van der Waals surface area contributed by atoms with Crippen LogP contribution in [0.25, 0.3) is 0 Å². The molecule has 0 atom stereocenters. The van der Waals surface area contributed by atoms with Gasteiger partial charge in [0, 0.05) is 5.56 Å². The number of carbonyl (C=O) groups is 1. The number of esters is 1. The lowest BCUT2D eigenvalue weighted by Crippen LogP contribution is -2.08. The van der Waals surface area contributed by atoms with Gasteiger partial charge in [-0.25, -0.2) is 8.78 Å². The Balaban J connectivity index is 3.27. The zero-order chi connectivity index (χ0) is 13.7. The van der Waals surface area contributed by atoms with E-state index in [0.717, 1.165) is 0 Å². The topological polar surface area (TPSA) is 50.1 Å². The Morgan fingerprint density at radius 3 is 2.56 bits per heavy atom. The SMILES string of the molecule is CCc1cc(C(F)F)c(C#N)cc1CC(=O)OC. The van der Waals surface area contributed by atoms with Gasteiger partial charge in [0.2, 0.25) is 0 Å². The molecule has 0 saturated heterocycles. The van der Waals surface area contributed by atoms with Crippen LogP contribution in [0.3, 0.4) is 0 Å². The number of alkyl halides is 2. The number of ether oxygens (including phenoxy) is 1. The van der Waals surface area contributed by atoms with Crippen LogP contribution in [0.4, 0.5) is 8.78 Å². The summed E-state index contributed by atoms with van der Waals surface area (Å²) in [6.45, 7) is 1.80. The second kappa shape index (κ2) is 6.10. The molecule has 0 unspecified atom stereocenters. The van der Waals surface area contributed by atoms with E-state index in [0.29, 0.717) is 17.5 Å². The number of methoxy groups -OCH3 is 1. The molecule has 5 heteroatoms. The van der Waals surface area contributed by atoms with Crippen LogP contribution in [0.1, 0.15) is 35.6 Å². The van der Waals surface area contributed by atoms with Gasteiger partial charge in [-0.3, -0.25) is 4.79 Å². The second-order valence-corrected chi connectivity index (χ2v) is 3.73. The van der Waals surface area contributed by atoms with Crippen molar-refractivity contribution in [3.05, 3.63) is 34.4 Å². The minimum atomic E-state index is -2.70. The van der Waals surface area contributed by atoms with Crippen LogP contribution < -0.4 is 0 Å². The Morgan fingerprint density at radius 2 is 2.11 bits per heavy atom. The normalized spacial score (nSPS) is 10.2. The summed E-state index contributed by atoms with van der Waals surface area (Å²) in [7, 11) is 1.26. The number of carbonyl (C=O) groups excluding carboxylic acids is 1. The molecule has 1 aromatic carbocycles. The van der Waals surface area contributed by atoms with Gasteiger partial charge in [0.25, 0.3) is 6.43 Å². The molecule has 1 aromatic rings. The maximum absolute atomic E-state index is 12.7. The Bertz CT molecular complexity index is 492. The highest BCUT2D eigenvalue weighted by Crippen LogP contribution is 2.26. The number of hydrogen-bond donors (Lipinski definition) is 0. The van der Waals surface area contributed by atoms with E-state index in [1.54, 1.807) is 13.0 Å². The summed E-state index contributed by atoms with van der Waals surface area (Å²) in [4.78, 5) is 11.2. The molecular formula is C13H13F2NO2. The molecule has 0 aliphatic heterocycles. The molecule has 0 aromatic heterocycles. The first-order valence-corrected chi connectivity index (χ1v) is 5.44. The highest BCUT2D eigenvalue weighted by atomic mass is 19.3. The Morgan fingerprint density at radius 1 is 1.44 bits per heavy atom. The van der Waals surface area contributed by atoms with Crippen LogP contribution in [0.15, 0.2) is 12.1 Å². The fourth-order valence-electron chi connectivity index (χ4n) is 1.71. The van der Waals surface area contributed by atoms with Gasteiger partial charge in [0.1, 0.15) is 0 Å². The Labute approximate surface area is 104 Å². The molecule has 18 heavy (non-hydrogen) atoms. The van der Waals surface area contributed by atoms with Crippen molar-refractivity contribution >= 4 is 5.97 Å². The highest BCUT2D eigenvalue weighted by Gasteiger charge is 2.17. The lowest BCUT2D eigenvalue weighted by atomic mass is 9.95. The van der Waals surface area contributed by atoms with Gasteiger partial charge in [-0.05, 0) is 29.7 Å². The zero-order valence-electron chi connectivity index (χ0n) is 10.2. The van der Waals surface area contributed by atoms with E-state index in [4.69, 9.17) is 5.26 Å². The lowest BCUT2D eigenvalue weighted by Gasteiger charge is -2.11. The number of aryl methyl sites for hydroxylation is 1. The quantitative estimate of drug-likeness (QED) is 0.775. The molecule has 0 fully saturated rings. The minimum absolute atomic E-state index is 0.0160. The first kappa shape index (κ1) is 14.1. The molecule has 0 saturated carbocycles. The third-order valence-corrected chi connectivity index (χ3v) is 2.67. The maximum Gasteiger partial charge on any atom is 0.309 e. The van der Waals surface area contributed by atoms with E-state index in [1.165, 1.54) is 19.2 Å². The number of hydrogen-bond acceptors (Lipinski definition) is 3. The molecular weight excluding hydrogens is 240 g/mol. The summed E-state index contributed by atoms with van der Waals surface area (Å²) in [6, 6.07) is 4.37. The van der Waals surface area contributed by atoms with E-state index in [2.05, 4.69) is 4.74 Å². The lowest BCUT2D eigenvalue weighted by molar-refractivity contribution is -0.139. The van der Waals surface area contributed by atoms with Gasteiger partial charge in [-0.2, -0.15) is 5.26 Å². The van der Waals surface area contributed by atoms with E-state index in [9.17, 15) is 13.6 Å². The molecule has 0 radical (unpaired) electrons. The van der Waals surface area contributed by atoms with Crippen molar-refractivity contribution in [2.24, 2.45) is 0 Å². The third kappa shape index (κ3) is 3.04. The molecule has 0 heterocycles. The van der Waals surface area contributed by atoms with Crippen LogP contribution in [-0.2, 0) is 22.4 Å². The predicted molar refractivity (Wildman–Crippen MR) is 61.2 cm³/mol. The zero-order valence-corrected chi connectivity index (χ0v) is 10.2. The Hall–Kier alpha value is -1.96. The number of nitriles is 1. The molecule has 1 rings (SSSR count). The largest absolute Gasteiger partial charge is 0.469 e. The summed E-state index contributed by atoms with van der Waals surface area (Å²) < 4.78 is 30.0. The van der Waals surface area contributed by atoms with E-state index < -0.39 is 12.4 Å². The van der Waals surface area contributed by atoms with Gasteiger partial charge in [-0.15, -0.1) is 0 Å². The monoisotopic (exact) mass is 253 g/mol.